The highest BCUT2D eigenvalue weighted by Gasteiger charge is 2.31. The van der Waals surface area contributed by atoms with Crippen molar-refractivity contribution in [1.29, 1.82) is 0 Å². The Morgan fingerprint density at radius 3 is 2.68 bits per heavy atom. The van der Waals surface area contributed by atoms with Gasteiger partial charge in [0.05, 0.1) is 30.2 Å². The maximum absolute atomic E-state index is 14.0. The zero-order valence-electron chi connectivity index (χ0n) is 16.3. The van der Waals surface area contributed by atoms with Crippen molar-refractivity contribution >= 4 is 33.8 Å². The van der Waals surface area contributed by atoms with Crippen molar-refractivity contribution in [3.63, 3.8) is 0 Å². The molecular weight excluding hydrogens is 428 g/mol. The van der Waals surface area contributed by atoms with Gasteiger partial charge in [-0.3, -0.25) is 9.59 Å². The molecule has 4 heterocycles. The highest BCUT2D eigenvalue weighted by Crippen LogP contribution is 2.34. The van der Waals surface area contributed by atoms with Gasteiger partial charge in [0.25, 0.3) is 11.5 Å². The SMILES string of the molecule is CN(C(=O)c1ccc2ccc(Cl)n2c1)[C@H]1COCc2[nH]c(=O)c3cc(F)c(F)cc3c21. The van der Waals surface area contributed by atoms with Crippen LogP contribution in [-0.4, -0.2) is 33.8 Å². The molecule has 158 valence electrons. The molecule has 4 aromatic rings. The summed E-state index contributed by atoms with van der Waals surface area (Å²) >= 11 is 6.17. The third kappa shape index (κ3) is 3.10. The van der Waals surface area contributed by atoms with E-state index in [4.69, 9.17) is 16.3 Å². The number of aromatic nitrogens is 2. The second-order valence-electron chi connectivity index (χ2n) is 7.47. The van der Waals surface area contributed by atoms with Gasteiger partial charge in [-0.2, -0.15) is 0 Å². The number of hydrogen-bond acceptors (Lipinski definition) is 3. The lowest BCUT2D eigenvalue weighted by Crippen LogP contribution is -2.37. The van der Waals surface area contributed by atoms with E-state index in [9.17, 15) is 18.4 Å². The number of pyridine rings is 2. The lowest BCUT2D eigenvalue weighted by atomic mass is 9.95. The molecule has 1 aliphatic rings. The first-order valence-electron chi connectivity index (χ1n) is 9.50. The van der Waals surface area contributed by atoms with Gasteiger partial charge in [-0.1, -0.05) is 11.6 Å². The van der Waals surface area contributed by atoms with E-state index in [0.29, 0.717) is 22.0 Å². The highest BCUT2D eigenvalue weighted by molar-refractivity contribution is 6.30. The summed E-state index contributed by atoms with van der Waals surface area (Å²) in [5.41, 5.74) is 1.67. The molecule has 0 unspecified atom stereocenters. The van der Waals surface area contributed by atoms with Crippen molar-refractivity contribution in [2.24, 2.45) is 0 Å². The van der Waals surface area contributed by atoms with Crippen LogP contribution in [0.2, 0.25) is 5.15 Å². The minimum atomic E-state index is -1.11. The molecule has 0 saturated carbocycles. The first-order valence-corrected chi connectivity index (χ1v) is 9.88. The first kappa shape index (κ1) is 19.7. The minimum Gasteiger partial charge on any atom is -0.373 e. The van der Waals surface area contributed by atoms with Crippen LogP contribution in [0.25, 0.3) is 16.3 Å². The molecule has 6 nitrogen and oxygen atoms in total. The number of rotatable bonds is 2. The molecule has 1 N–H and O–H groups in total. The van der Waals surface area contributed by atoms with E-state index in [1.165, 1.54) is 4.90 Å². The number of H-pyrrole nitrogens is 1. The quantitative estimate of drug-likeness (QED) is 0.508. The number of nitrogens with zero attached hydrogens (tertiary/aromatic N) is 2. The Balaban J connectivity index is 1.62. The Morgan fingerprint density at radius 1 is 1.19 bits per heavy atom. The van der Waals surface area contributed by atoms with Gasteiger partial charge in [-0.25, -0.2) is 8.78 Å². The zero-order valence-corrected chi connectivity index (χ0v) is 17.0. The highest BCUT2D eigenvalue weighted by atomic mass is 35.5. The van der Waals surface area contributed by atoms with Crippen LogP contribution in [0.15, 0.2) is 47.4 Å². The standard InChI is InChI=1S/C22H16ClF2N3O3/c1-27(22(30)11-2-3-12-4-5-19(23)28(12)8-11)18-10-31-9-17-20(18)13-6-15(24)16(25)7-14(13)21(29)26-17/h2-8,18H,9-10H2,1H3,(H,26,29)/t18-/m0/s1. The van der Waals surface area contributed by atoms with E-state index >= 15 is 0 Å². The summed E-state index contributed by atoms with van der Waals surface area (Å²) in [7, 11) is 1.60. The second kappa shape index (κ2) is 7.18. The molecule has 0 saturated heterocycles. The number of ether oxygens (including phenoxy) is 1. The summed E-state index contributed by atoms with van der Waals surface area (Å²) in [5.74, 6) is -2.48. The molecule has 0 radical (unpaired) electrons. The smallest absolute Gasteiger partial charge is 0.256 e. The fourth-order valence-corrected chi connectivity index (χ4v) is 4.30. The summed E-state index contributed by atoms with van der Waals surface area (Å²) in [6.07, 6.45) is 1.64. The van der Waals surface area contributed by atoms with Gasteiger partial charge < -0.3 is 19.0 Å². The van der Waals surface area contributed by atoms with Crippen molar-refractivity contribution in [3.8, 4) is 0 Å². The monoisotopic (exact) mass is 443 g/mol. The molecular formula is C22H16ClF2N3O3. The van der Waals surface area contributed by atoms with Gasteiger partial charge in [-0.05, 0) is 41.8 Å². The predicted octanol–water partition coefficient (Wildman–Crippen LogP) is 4.06. The average Bonchev–Trinajstić information content (AvgIpc) is 3.14. The summed E-state index contributed by atoms with van der Waals surface area (Å²) in [6, 6.07) is 8.30. The van der Waals surface area contributed by atoms with E-state index in [-0.39, 0.29) is 29.9 Å². The lowest BCUT2D eigenvalue weighted by Gasteiger charge is -2.34. The molecule has 31 heavy (non-hydrogen) atoms. The van der Waals surface area contributed by atoms with E-state index in [1.54, 1.807) is 35.8 Å². The van der Waals surface area contributed by atoms with Crippen LogP contribution < -0.4 is 5.56 Å². The molecule has 0 aliphatic carbocycles. The third-order valence-electron chi connectivity index (χ3n) is 5.68. The number of fused-ring (bicyclic) bond motifs is 4. The van der Waals surface area contributed by atoms with Crippen molar-refractivity contribution < 1.29 is 18.3 Å². The number of likely N-dealkylation sites (N-methyl/N-ethyl adjacent to an activating group) is 1. The lowest BCUT2D eigenvalue weighted by molar-refractivity contribution is 0.0335. The summed E-state index contributed by atoms with van der Waals surface area (Å²) in [6.45, 7) is 0.241. The molecule has 5 rings (SSSR count). The number of hydrogen-bond donors (Lipinski definition) is 1. The van der Waals surface area contributed by atoms with E-state index in [2.05, 4.69) is 4.98 Å². The van der Waals surface area contributed by atoms with Gasteiger partial charge >= 0.3 is 0 Å². The molecule has 0 fully saturated rings. The van der Waals surface area contributed by atoms with Gasteiger partial charge in [0, 0.05) is 30.0 Å². The van der Waals surface area contributed by atoms with Gasteiger partial charge in [0.1, 0.15) is 5.15 Å². The van der Waals surface area contributed by atoms with Crippen molar-refractivity contribution in [3.05, 3.63) is 86.6 Å². The van der Waals surface area contributed by atoms with Crippen LogP contribution in [0, 0.1) is 11.6 Å². The maximum atomic E-state index is 14.0. The number of benzene rings is 1. The molecule has 1 aliphatic heterocycles. The molecule has 9 heteroatoms. The third-order valence-corrected chi connectivity index (χ3v) is 5.98. The fourth-order valence-electron chi connectivity index (χ4n) is 4.09. The van der Waals surface area contributed by atoms with Gasteiger partial charge in [0.2, 0.25) is 0 Å². The van der Waals surface area contributed by atoms with Crippen LogP contribution in [0.5, 0.6) is 0 Å². The van der Waals surface area contributed by atoms with E-state index < -0.39 is 23.2 Å². The van der Waals surface area contributed by atoms with Crippen LogP contribution in [0.3, 0.4) is 0 Å². The fraction of sp³-hybridized carbons (Fsp3) is 0.182. The number of nitrogens with one attached hydrogen (secondary N) is 1. The predicted molar refractivity (Wildman–Crippen MR) is 111 cm³/mol. The molecule has 1 amide bonds. The van der Waals surface area contributed by atoms with Crippen LogP contribution in [0.1, 0.15) is 27.7 Å². The van der Waals surface area contributed by atoms with E-state index in [1.807, 2.05) is 6.07 Å². The minimum absolute atomic E-state index is 0.0194. The van der Waals surface area contributed by atoms with Gasteiger partial charge in [0.15, 0.2) is 11.6 Å². The molecule has 1 aromatic carbocycles. The molecule has 0 bridgehead atoms. The number of aromatic amines is 1. The molecule has 3 aromatic heterocycles. The first-order chi connectivity index (χ1) is 14.8. The Labute approximate surface area is 179 Å². The number of carbonyl (C=O) groups is 1. The summed E-state index contributed by atoms with van der Waals surface area (Å²) < 4.78 is 35.1. The maximum Gasteiger partial charge on any atom is 0.256 e. The topological polar surface area (TPSA) is 66.8 Å². The largest absolute Gasteiger partial charge is 0.373 e. The Kier molecular flexibility index (Phi) is 4.56. The van der Waals surface area contributed by atoms with Crippen LogP contribution >= 0.6 is 11.6 Å². The van der Waals surface area contributed by atoms with Gasteiger partial charge in [-0.15, -0.1) is 0 Å². The van der Waals surface area contributed by atoms with Crippen LogP contribution in [0.4, 0.5) is 8.78 Å². The Morgan fingerprint density at radius 2 is 1.90 bits per heavy atom. The van der Waals surface area contributed by atoms with Crippen molar-refractivity contribution in [2.75, 3.05) is 13.7 Å². The Bertz CT molecular complexity index is 1430. The zero-order chi connectivity index (χ0) is 21.9. The summed E-state index contributed by atoms with van der Waals surface area (Å²) in [4.78, 5) is 29.8. The van der Waals surface area contributed by atoms with Crippen LogP contribution in [-0.2, 0) is 11.3 Å². The number of amides is 1. The molecule has 1 atom stereocenters. The summed E-state index contributed by atoms with van der Waals surface area (Å²) in [5, 5.41) is 0.750. The molecule has 0 spiro atoms. The van der Waals surface area contributed by atoms with Crippen molar-refractivity contribution in [1.82, 2.24) is 14.3 Å². The average molecular weight is 444 g/mol. The Hall–Kier alpha value is -3.23. The normalized spacial score (nSPS) is 15.9. The second-order valence-corrected chi connectivity index (χ2v) is 7.86. The number of halogens is 3. The van der Waals surface area contributed by atoms with E-state index in [0.717, 1.165) is 17.6 Å². The number of carbonyl (C=O) groups excluding carboxylic acids is 1. The van der Waals surface area contributed by atoms with Crippen molar-refractivity contribution in [2.45, 2.75) is 12.6 Å².